The van der Waals surface area contributed by atoms with Gasteiger partial charge in [0.25, 0.3) is 0 Å². The van der Waals surface area contributed by atoms with E-state index in [2.05, 4.69) is 29.7 Å². The van der Waals surface area contributed by atoms with Gasteiger partial charge in [0.1, 0.15) is 0 Å². The first-order chi connectivity index (χ1) is 8.75. The third-order valence-electron chi connectivity index (χ3n) is 3.19. The number of benzene rings is 1. The average molecular weight is 247 g/mol. The molecule has 2 N–H and O–H groups in total. The van der Waals surface area contributed by atoms with E-state index >= 15 is 0 Å². The van der Waals surface area contributed by atoms with Gasteiger partial charge < -0.3 is 15.5 Å². The number of urea groups is 1. The third-order valence-corrected chi connectivity index (χ3v) is 3.19. The number of piperazine rings is 1. The van der Waals surface area contributed by atoms with Crippen LogP contribution in [0.15, 0.2) is 30.3 Å². The molecule has 4 nitrogen and oxygen atoms in total. The van der Waals surface area contributed by atoms with E-state index in [1.165, 1.54) is 5.56 Å². The minimum absolute atomic E-state index is 0.0549. The average Bonchev–Trinajstić information content (AvgIpc) is 2.40. The molecule has 1 heterocycles. The van der Waals surface area contributed by atoms with Crippen molar-refractivity contribution in [2.45, 2.75) is 19.4 Å². The fraction of sp³-hybridized carbons (Fsp3) is 0.500. The van der Waals surface area contributed by atoms with E-state index in [9.17, 15) is 4.79 Å². The lowest BCUT2D eigenvalue weighted by molar-refractivity contribution is 0.179. The molecule has 0 aromatic heterocycles. The van der Waals surface area contributed by atoms with Gasteiger partial charge in [0.05, 0.1) is 0 Å². The highest BCUT2D eigenvalue weighted by molar-refractivity contribution is 5.74. The standard InChI is InChI=1S/C14H21N3O/c1-12-11-17(10-9-15-12)14(18)16-8-7-13-5-3-2-4-6-13/h2-6,12,15H,7-11H2,1H3,(H,16,18)/t12-/m0/s1. The van der Waals surface area contributed by atoms with Crippen molar-refractivity contribution < 1.29 is 4.79 Å². The molecule has 1 aliphatic rings. The minimum Gasteiger partial charge on any atom is -0.338 e. The fourth-order valence-corrected chi connectivity index (χ4v) is 2.19. The predicted molar refractivity (Wildman–Crippen MR) is 72.6 cm³/mol. The van der Waals surface area contributed by atoms with E-state index < -0.39 is 0 Å². The topological polar surface area (TPSA) is 44.4 Å². The summed E-state index contributed by atoms with van der Waals surface area (Å²) in [7, 11) is 0. The number of carbonyl (C=O) groups is 1. The number of nitrogens with one attached hydrogen (secondary N) is 2. The smallest absolute Gasteiger partial charge is 0.317 e. The molecule has 4 heteroatoms. The summed E-state index contributed by atoms with van der Waals surface area (Å²) in [4.78, 5) is 13.8. The molecule has 18 heavy (non-hydrogen) atoms. The zero-order valence-electron chi connectivity index (χ0n) is 10.9. The third kappa shape index (κ3) is 3.74. The maximum atomic E-state index is 11.9. The fourth-order valence-electron chi connectivity index (χ4n) is 2.19. The van der Waals surface area contributed by atoms with Gasteiger partial charge in [-0.25, -0.2) is 4.79 Å². The molecule has 0 unspecified atom stereocenters. The molecule has 1 fully saturated rings. The lowest BCUT2D eigenvalue weighted by Gasteiger charge is -2.31. The Bertz CT molecular complexity index is 380. The van der Waals surface area contributed by atoms with Crippen LogP contribution in [0.2, 0.25) is 0 Å². The number of rotatable bonds is 3. The Hall–Kier alpha value is -1.55. The zero-order valence-corrected chi connectivity index (χ0v) is 10.9. The molecule has 0 spiro atoms. The summed E-state index contributed by atoms with van der Waals surface area (Å²) in [6.45, 7) is 5.26. The van der Waals surface area contributed by atoms with E-state index in [-0.39, 0.29) is 6.03 Å². The van der Waals surface area contributed by atoms with E-state index in [1.54, 1.807) is 0 Å². The minimum atomic E-state index is 0.0549. The molecule has 0 aliphatic carbocycles. The van der Waals surface area contributed by atoms with Crippen LogP contribution in [0, 0.1) is 0 Å². The summed E-state index contributed by atoms with van der Waals surface area (Å²) >= 11 is 0. The van der Waals surface area contributed by atoms with Crippen molar-refractivity contribution in [2.24, 2.45) is 0 Å². The molecule has 2 rings (SSSR count). The van der Waals surface area contributed by atoms with Gasteiger partial charge in [0.2, 0.25) is 0 Å². The summed E-state index contributed by atoms with van der Waals surface area (Å²) in [6, 6.07) is 10.7. The zero-order chi connectivity index (χ0) is 12.8. The molecule has 98 valence electrons. The second-order valence-corrected chi connectivity index (χ2v) is 4.77. The Balaban J connectivity index is 1.71. The SMILES string of the molecule is C[C@H]1CN(C(=O)NCCc2ccccc2)CCN1. The lowest BCUT2D eigenvalue weighted by atomic mass is 10.1. The number of hydrogen-bond donors (Lipinski definition) is 2. The van der Waals surface area contributed by atoms with Crippen LogP contribution in [0.1, 0.15) is 12.5 Å². The second-order valence-electron chi connectivity index (χ2n) is 4.77. The summed E-state index contributed by atoms with van der Waals surface area (Å²) in [5.74, 6) is 0. The highest BCUT2D eigenvalue weighted by atomic mass is 16.2. The Kier molecular flexibility index (Phi) is 4.59. The molecule has 0 saturated carbocycles. The van der Waals surface area contributed by atoms with Gasteiger partial charge in [0, 0.05) is 32.2 Å². The number of nitrogens with zero attached hydrogens (tertiary/aromatic N) is 1. The Morgan fingerprint density at radius 3 is 2.94 bits per heavy atom. The van der Waals surface area contributed by atoms with Crippen molar-refractivity contribution in [3.05, 3.63) is 35.9 Å². The van der Waals surface area contributed by atoms with Crippen LogP contribution in [0.5, 0.6) is 0 Å². The van der Waals surface area contributed by atoms with Crippen LogP contribution >= 0.6 is 0 Å². The van der Waals surface area contributed by atoms with Crippen molar-refractivity contribution in [1.29, 1.82) is 0 Å². The Morgan fingerprint density at radius 2 is 2.22 bits per heavy atom. The highest BCUT2D eigenvalue weighted by Crippen LogP contribution is 2.00. The molecular weight excluding hydrogens is 226 g/mol. The maximum Gasteiger partial charge on any atom is 0.317 e. The first-order valence-electron chi connectivity index (χ1n) is 6.56. The summed E-state index contributed by atoms with van der Waals surface area (Å²) < 4.78 is 0. The quantitative estimate of drug-likeness (QED) is 0.844. The molecule has 2 amide bonds. The molecule has 1 aromatic carbocycles. The summed E-state index contributed by atoms with van der Waals surface area (Å²) in [5.41, 5.74) is 1.26. The molecule has 1 aliphatic heterocycles. The van der Waals surface area contributed by atoms with E-state index in [0.29, 0.717) is 12.6 Å². The first-order valence-corrected chi connectivity index (χ1v) is 6.56. The van der Waals surface area contributed by atoms with Crippen molar-refractivity contribution >= 4 is 6.03 Å². The van der Waals surface area contributed by atoms with E-state index in [0.717, 1.165) is 26.1 Å². The number of amides is 2. The first kappa shape index (κ1) is 12.9. The van der Waals surface area contributed by atoms with E-state index in [4.69, 9.17) is 0 Å². The summed E-state index contributed by atoms with van der Waals surface area (Å²) in [6.07, 6.45) is 0.883. The van der Waals surface area contributed by atoms with Crippen molar-refractivity contribution in [2.75, 3.05) is 26.2 Å². The van der Waals surface area contributed by atoms with Gasteiger partial charge in [-0.2, -0.15) is 0 Å². The molecule has 0 radical (unpaired) electrons. The van der Waals surface area contributed by atoms with Gasteiger partial charge in [0.15, 0.2) is 0 Å². The van der Waals surface area contributed by atoms with Crippen molar-refractivity contribution in [1.82, 2.24) is 15.5 Å². The summed E-state index contributed by atoms with van der Waals surface area (Å²) in [5, 5.41) is 6.31. The van der Waals surface area contributed by atoms with Gasteiger partial charge in [-0.05, 0) is 18.9 Å². The van der Waals surface area contributed by atoms with Gasteiger partial charge in [-0.3, -0.25) is 0 Å². The van der Waals surface area contributed by atoms with Crippen LogP contribution < -0.4 is 10.6 Å². The second kappa shape index (κ2) is 6.40. The van der Waals surface area contributed by atoms with E-state index in [1.807, 2.05) is 23.1 Å². The van der Waals surface area contributed by atoms with Crippen LogP contribution in [0.25, 0.3) is 0 Å². The van der Waals surface area contributed by atoms with Crippen LogP contribution in [0.4, 0.5) is 4.79 Å². The molecule has 0 bridgehead atoms. The normalized spacial score (nSPS) is 19.6. The number of hydrogen-bond acceptors (Lipinski definition) is 2. The largest absolute Gasteiger partial charge is 0.338 e. The van der Waals surface area contributed by atoms with Crippen molar-refractivity contribution in [3.8, 4) is 0 Å². The van der Waals surface area contributed by atoms with Crippen LogP contribution in [-0.4, -0.2) is 43.2 Å². The van der Waals surface area contributed by atoms with Crippen molar-refractivity contribution in [3.63, 3.8) is 0 Å². The molecular formula is C14H21N3O. The number of carbonyl (C=O) groups excluding carboxylic acids is 1. The molecule has 1 aromatic rings. The predicted octanol–water partition coefficient (Wildman–Crippen LogP) is 1.23. The Labute approximate surface area is 108 Å². The van der Waals surface area contributed by atoms with Crippen LogP contribution in [-0.2, 0) is 6.42 Å². The highest BCUT2D eigenvalue weighted by Gasteiger charge is 2.19. The lowest BCUT2D eigenvalue weighted by Crippen LogP contribution is -2.54. The van der Waals surface area contributed by atoms with Gasteiger partial charge in [-0.1, -0.05) is 30.3 Å². The maximum absolute atomic E-state index is 11.9. The molecule has 1 atom stereocenters. The molecule has 1 saturated heterocycles. The van der Waals surface area contributed by atoms with Crippen LogP contribution in [0.3, 0.4) is 0 Å². The monoisotopic (exact) mass is 247 g/mol. The Morgan fingerprint density at radius 1 is 1.44 bits per heavy atom. The van der Waals surface area contributed by atoms with Gasteiger partial charge in [-0.15, -0.1) is 0 Å². The van der Waals surface area contributed by atoms with Gasteiger partial charge >= 0.3 is 6.03 Å².